The van der Waals surface area contributed by atoms with Crippen molar-refractivity contribution in [3.05, 3.63) is 69.7 Å². The van der Waals surface area contributed by atoms with Gasteiger partial charge in [-0.3, -0.25) is 14.5 Å². The molecule has 0 unspecified atom stereocenters. The largest absolute Gasteiger partial charge is 0.416 e. The summed E-state index contributed by atoms with van der Waals surface area (Å²) in [5, 5.41) is 0.512. The van der Waals surface area contributed by atoms with E-state index < -0.39 is 41.0 Å². The van der Waals surface area contributed by atoms with Gasteiger partial charge in [-0.2, -0.15) is 26.3 Å². The third-order valence-corrected chi connectivity index (χ3v) is 8.24. The number of carbonyl (C=O) groups excluding carboxylic acids is 2. The lowest BCUT2D eigenvalue weighted by atomic mass is 9.83. The first-order chi connectivity index (χ1) is 18.6. The van der Waals surface area contributed by atoms with Gasteiger partial charge in [0.25, 0.3) is 5.91 Å². The Balaban J connectivity index is 0.00000462. The third-order valence-electron chi connectivity index (χ3n) is 7.98. The molecule has 226 valence electrons. The predicted octanol–water partition coefficient (Wildman–Crippen LogP) is 6.74. The summed E-state index contributed by atoms with van der Waals surface area (Å²) in [5.41, 5.74) is -2.86. The van der Waals surface area contributed by atoms with E-state index in [1.54, 1.807) is 17.0 Å². The van der Waals surface area contributed by atoms with Crippen LogP contribution >= 0.6 is 24.0 Å². The van der Waals surface area contributed by atoms with Crippen LogP contribution in [0.2, 0.25) is 5.02 Å². The Morgan fingerprint density at radius 3 is 1.90 bits per heavy atom. The van der Waals surface area contributed by atoms with E-state index in [4.69, 9.17) is 11.6 Å². The molecule has 2 aliphatic rings. The Labute approximate surface area is 245 Å². The minimum atomic E-state index is -5.05. The highest BCUT2D eigenvalue weighted by molar-refractivity contribution is 6.30. The highest BCUT2D eigenvalue weighted by atomic mass is 35.5. The number of likely N-dealkylation sites (N-methyl/N-ethyl adjacent to an activating group) is 1. The summed E-state index contributed by atoms with van der Waals surface area (Å²) in [6.07, 6.45) is -8.06. The van der Waals surface area contributed by atoms with Gasteiger partial charge in [-0.25, -0.2) is 0 Å². The third kappa shape index (κ3) is 7.67. The number of piperidine rings is 2. The van der Waals surface area contributed by atoms with E-state index in [9.17, 15) is 35.9 Å². The van der Waals surface area contributed by atoms with Crippen molar-refractivity contribution in [1.82, 2.24) is 14.7 Å². The van der Waals surface area contributed by atoms with Gasteiger partial charge in [-0.15, -0.1) is 12.4 Å². The summed E-state index contributed by atoms with van der Waals surface area (Å²) in [5.74, 6) is -1.15. The second-order valence-corrected chi connectivity index (χ2v) is 10.9. The van der Waals surface area contributed by atoms with Gasteiger partial charge < -0.3 is 9.80 Å². The number of alkyl halides is 6. The summed E-state index contributed by atoms with van der Waals surface area (Å²) in [6, 6.07) is 7.77. The summed E-state index contributed by atoms with van der Waals surface area (Å²) in [7, 11) is 1.42. The molecule has 2 amide bonds. The molecule has 2 saturated heterocycles. The number of benzene rings is 2. The van der Waals surface area contributed by atoms with E-state index in [1.807, 2.05) is 12.1 Å². The van der Waals surface area contributed by atoms with Crippen molar-refractivity contribution < 1.29 is 35.9 Å². The van der Waals surface area contributed by atoms with Crippen LogP contribution in [0.1, 0.15) is 59.2 Å². The highest BCUT2D eigenvalue weighted by Crippen LogP contribution is 2.38. The fraction of sp³-hybridized carbons (Fsp3) is 0.500. The molecular formula is C28H31Cl2F6N3O2. The van der Waals surface area contributed by atoms with Crippen molar-refractivity contribution >= 4 is 35.8 Å². The predicted molar refractivity (Wildman–Crippen MR) is 145 cm³/mol. The second-order valence-electron chi connectivity index (χ2n) is 10.5. The minimum absolute atomic E-state index is 0. The number of hydrogen-bond acceptors (Lipinski definition) is 3. The molecule has 0 spiro atoms. The van der Waals surface area contributed by atoms with Gasteiger partial charge in [-0.1, -0.05) is 23.7 Å². The molecule has 2 fully saturated rings. The van der Waals surface area contributed by atoms with Crippen LogP contribution in [-0.4, -0.2) is 71.8 Å². The maximum absolute atomic E-state index is 13.4. The Morgan fingerprint density at radius 2 is 1.41 bits per heavy atom. The van der Waals surface area contributed by atoms with E-state index in [0.29, 0.717) is 49.8 Å². The van der Waals surface area contributed by atoms with E-state index >= 15 is 0 Å². The number of carbonyl (C=O) groups is 2. The average Bonchev–Trinajstić information content (AvgIpc) is 2.91. The molecule has 5 nitrogen and oxygen atoms in total. The molecule has 4 rings (SSSR count). The van der Waals surface area contributed by atoms with Crippen LogP contribution in [-0.2, 0) is 17.1 Å². The zero-order valence-electron chi connectivity index (χ0n) is 22.4. The Bertz CT molecular complexity index is 1200. The molecule has 13 heteroatoms. The summed E-state index contributed by atoms with van der Waals surface area (Å²) >= 11 is 6.08. The number of halogens is 8. The second kappa shape index (κ2) is 12.8. The summed E-state index contributed by atoms with van der Waals surface area (Å²) in [4.78, 5) is 30.5. The van der Waals surface area contributed by atoms with Crippen molar-refractivity contribution in [2.45, 2.75) is 56.5 Å². The molecule has 0 N–H and O–H groups in total. The Kier molecular flexibility index (Phi) is 10.3. The molecule has 0 aliphatic carbocycles. The highest BCUT2D eigenvalue weighted by Gasteiger charge is 2.41. The zero-order valence-corrected chi connectivity index (χ0v) is 24.0. The molecule has 2 aromatic carbocycles. The lowest BCUT2D eigenvalue weighted by Gasteiger charge is -2.47. The fourth-order valence-corrected chi connectivity index (χ4v) is 5.90. The summed E-state index contributed by atoms with van der Waals surface area (Å²) in [6.45, 7) is 3.94. The molecule has 0 radical (unpaired) electrons. The van der Waals surface area contributed by atoms with E-state index in [1.165, 1.54) is 18.9 Å². The van der Waals surface area contributed by atoms with E-state index in [2.05, 4.69) is 4.90 Å². The van der Waals surface area contributed by atoms with Crippen LogP contribution in [0.5, 0.6) is 0 Å². The number of likely N-dealkylation sites (tertiary alicyclic amines) is 2. The Hall–Kier alpha value is -2.50. The molecule has 2 aromatic rings. The standard InChI is InChI=1S/C28H30ClF6N3O2.ClH/c1-17(39)37-10-7-23(8-11-37)38-12-9-25(24(16-38)18-3-5-22(29)6-4-18)36(2)26(40)19-13-20(27(30,31)32)15-21(14-19)28(33,34)35;/h3-6,13-15,23-25H,7-12,16H2,1-2H3;1H/t24-,25+;/m0./s1. The van der Waals surface area contributed by atoms with E-state index in [-0.39, 0.29) is 36.3 Å². The quantitative estimate of drug-likeness (QED) is 0.354. The van der Waals surface area contributed by atoms with Crippen molar-refractivity contribution in [2.24, 2.45) is 0 Å². The van der Waals surface area contributed by atoms with Gasteiger partial charge in [0, 0.05) is 68.7 Å². The maximum atomic E-state index is 13.4. The lowest BCUT2D eigenvalue weighted by molar-refractivity contribution is -0.143. The van der Waals surface area contributed by atoms with Crippen LogP contribution in [0.25, 0.3) is 0 Å². The molecule has 0 aromatic heterocycles. The smallest absolute Gasteiger partial charge is 0.343 e. The molecule has 2 atom stereocenters. The number of rotatable bonds is 4. The van der Waals surface area contributed by atoms with Gasteiger partial charge in [0.1, 0.15) is 0 Å². The monoisotopic (exact) mass is 625 g/mol. The fourth-order valence-electron chi connectivity index (χ4n) is 5.78. The number of nitrogens with zero attached hydrogens (tertiary/aromatic N) is 3. The molecule has 0 saturated carbocycles. The Morgan fingerprint density at radius 1 is 0.878 bits per heavy atom. The van der Waals surface area contributed by atoms with Crippen molar-refractivity contribution in [3.8, 4) is 0 Å². The number of hydrogen-bond donors (Lipinski definition) is 0. The van der Waals surface area contributed by atoms with Crippen LogP contribution < -0.4 is 0 Å². The van der Waals surface area contributed by atoms with Gasteiger partial charge in [-0.05, 0) is 55.2 Å². The number of amides is 2. The molecule has 41 heavy (non-hydrogen) atoms. The first-order valence-electron chi connectivity index (χ1n) is 13.0. The average molecular weight is 626 g/mol. The molecular weight excluding hydrogens is 595 g/mol. The van der Waals surface area contributed by atoms with Gasteiger partial charge >= 0.3 is 12.4 Å². The van der Waals surface area contributed by atoms with Crippen molar-refractivity contribution in [1.29, 1.82) is 0 Å². The molecule has 2 heterocycles. The minimum Gasteiger partial charge on any atom is -0.343 e. The molecule has 2 aliphatic heterocycles. The van der Waals surface area contributed by atoms with Gasteiger partial charge in [0.15, 0.2) is 0 Å². The first-order valence-corrected chi connectivity index (χ1v) is 13.3. The zero-order chi connectivity index (χ0) is 29.4. The maximum Gasteiger partial charge on any atom is 0.416 e. The van der Waals surface area contributed by atoms with Crippen molar-refractivity contribution in [3.63, 3.8) is 0 Å². The van der Waals surface area contributed by atoms with Gasteiger partial charge in [0.2, 0.25) is 5.91 Å². The van der Waals surface area contributed by atoms with Crippen LogP contribution in [0.4, 0.5) is 26.3 Å². The summed E-state index contributed by atoms with van der Waals surface area (Å²) < 4.78 is 80.6. The molecule has 0 bridgehead atoms. The lowest BCUT2D eigenvalue weighted by Crippen LogP contribution is -2.55. The van der Waals surface area contributed by atoms with Crippen LogP contribution in [0, 0.1) is 0 Å². The first kappa shape index (κ1) is 33.0. The van der Waals surface area contributed by atoms with Crippen LogP contribution in [0.15, 0.2) is 42.5 Å². The van der Waals surface area contributed by atoms with Crippen molar-refractivity contribution in [2.75, 3.05) is 33.2 Å². The topological polar surface area (TPSA) is 43.9 Å². The SMILES string of the molecule is CC(=O)N1CCC(N2CC[C@@H](N(C)C(=O)c3cc(C(F)(F)F)cc(C(F)(F)F)c3)[C@H](c3ccc(Cl)cc3)C2)CC1.Cl. The van der Waals surface area contributed by atoms with Crippen LogP contribution in [0.3, 0.4) is 0 Å². The van der Waals surface area contributed by atoms with E-state index in [0.717, 1.165) is 18.4 Å². The normalized spacial score (nSPS) is 20.9. The van der Waals surface area contributed by atoms with Gasteiger partial charge in [0.05, 0.1) is 11.1 Å².